The van der Waals surface area contributed by atoms with E-state index in [-0.39, 0.29) is 5.78 Å². The molecule has 90 valence electrons. The number of benzene rings is 1. The van der Waals surface area contributed by atoms with E-state index in [1.165, 1.54) is 0 Å². The highest BCUT2D eigenvalue weighted by molar-refractivity contribution is 6.12. The van der Waals surface area contributed by atoms with Crippen molar-refractivity contribution in [3.8, 4) is 0 Å². The molecule has 1 aliphatic rings. The summed E-state index contributed by atoms with van der Waals surface area (Å²) in [6.07, 6.45) is 5.34. The first-order chi connectivity index (χ1) is 8.75. The van der Waals surface area contributed by atoms with Crippen LogP contribution in [0.2, 0.25) is 0 Å². The van der Waals surface area contributed by atoms with Gasteiger partial charge in [-0.05, 0) is 24.5 Å². The van der Waals surface area contributed by atoms with E-state index in [1.54, 1.807) is 10.9 Å². The predicted octanol–water partition coefficient (Wildman–Crippen LogP) is 2.63. The van der Waals surface area contributed by atoms with E-state index in [0.717, 1.165) is 35.2 Å². The molecule has 1 heterocycles. The van der Waals surface area contributed by atoms with Crippen LogP contribution in [0, 0.1) is 0 Å². The number of ketones is 1. The molecule has 0 saturated heterocycles. The van der Waals surface area contributed by atoms with Gasteiger partial charge in [0.05, 0.1) is 11.8 Å². The number of carbonyl (C=O) groups excluding carboxylic acids is 1. The Labute approximate surface area is 106 Å². The molecule has 3 rings (SSSR count). The van der Waals surface area contributed by atoms with Gasteiger partial charge in [-0.1, -0.05) is 30.3 Å². The Morgan fingerprint density at radius 2 is 2.00 bits per heavy atom. The quantitative estimate of drug-likeness (QED) is 0.716. The third-order valence-corrected chi connectivity index (χ3v) is 3.37. The molecule has 1 aliphatic carbocycles. The molecule has 0 unspecified atom stereocenters. The van der Waals surface area contributed by atoms with Crippen LogP contribution in [0.5, 0.6) is 0 Å². The number of nitrogens with zero attached hydrogens (tertiary/aromatic N) is 2. The largest absolute Gasteiger partial charge is 0.289 e. The number of fused-ring (bicyclic) bond motifs is 1. The lowest BCUT2D eigenvalue weighted by Crippen LogP contribution is -2.14. The van der Waals surface area contributed by atoms with Crippen LogP contribution in [0.1, 0.15) is 28.0 Å². The second-order valence-electron chi connectivity index (χ2n) is 4.54. The van der Waals surface area contributed by atoms with Crippen LogP contribution in [-0.4, -0.2) is 15.6 Å². The maximum atomic E-state index is 12.3. The predicted molar refractivity (Wildman–Crippen MR) is 70.3 cm³/mol. The van der Waals surface area contributed by atoms with Crippen LogP contribution in [0.4, 0.5) is 0 Å². The summed E-state index contributed by atoms with van der Waals surface area (Å²) in [5, 5.41) is 4.16. The lowest BCUT2D eigenvalue weighted by molar-refractivity contribution is 0.102. The molecule has 0 saturated carbocycles. The molecule has 0 fully saturated rings. The molecule has 0 radical (unpaired) electrons. The van der Waals surface area contributed by atoms with Crippen LogP contribution >= 0.6 is 0 Å². The van der Waals surface area contributed by atoms with Crippen LogP contribution in [-0.2, 0) is 13.5 Å². The second-order valence-corrected chi connectivity index (χ2v) is 4.54. The van der Waals surface area contributed by atoms with Crippen LogP contribution in [0.3, 0.4) is 0 Å². The topological polar surface area (TPSA) is 34.9 Å². The summed E-state index contributed by atoms with van der Waals surface area (Å²) in [6.45, 7) is 0. The molecule has 2 aromatic rings. The van der Waals surface area contributed by atoms with Crippen molar-refractivity contribution in [3.63, 3.8) is 0 Å². The van der Waals surface area contributed by atoms with E-state index in [0.29, 0.717) is 0 Å². The summed E-state index contributed by atoms with van der Waals surface area (Å²) in [4.78, 5) is 12.3. The van der Waals surface area contributed by atoms with Gasteiger partial charge in [-0.3, -0.25) is 9.48 Å². The third-order valence-electron chi connectivity index (χ3n) is 3.37. The number of aryl methyl sites for hydroxylation is 1. The minimum Gasteiger partial charge on any atom is -0.289 e. The number of Topliss-reactive ketones (excluding diaryl/α,β-unsaturated/α-hetero) is 1. The molecule has 1 aromatic heterocycles. The molecule has 0 N–H and O–H groups in total. The van der Waals surface area contributed by atoms with E-state index < -0.39 is 0 Å². The first-order valence-corrected chi connectivity index (χ1v) is 6.07. The minimum absolute atomic E-state index is 0.119. The molecule has 0 bridgehead atoms. The number of allylic oxidation sites excluding steroid dienone is 1. The highest BCUT2D eigenvalue weighted by Crippen LogP contribution is 2.25. The Morgan fingerprint density at radius 1 is 1.22 bits per heavy atom. The van der Waals surface area contributed by atoms with Crippen molar-refractivity contribution in [3.05, 3.63) is 58.9 Å². The van der Waals surface area contributed by atoms with E-state index in [4.69, 9.17) is 0 Å². The number of rotatable bonds is 1. The molecular weight excluding hydrogens is 224 g/mol. The fourth-order valence-corrected chi connectivity index (χ4v) is 2.38. The van der Waals surface area contributed by atoms with Gasteiger partial charge >= 0.3 is 0 Å². The molecule has 3 heteroatoms. The van der Waals surface area contributed by atoms with Crippen LogP contribution in [0.15, 0.2) is 42.1 Å². The zero-order valence-corrected chi connectivity index (χ0v) is 10.3. The molecule has 1 aromatic carbocycles. The first kappa shape index (κ1) is 11.0. The van der Waals surface area contributed by atoms with Gasteiger partial charge in [0.15, 0.2) is 5.78 Å². The maximum Gasteiger partial charge on any atom is 0.192 e. The van der Waals surface area contributed by atoms with E-state index >= 15 is 0 Å². The zero-order valence-electron chi connectivity index (χ0n) is 10.3. The number of hydrogen-bond donors (Lipinski definition) is 0. The summed E-state index contributed by atoms with van der Waals surface area (Å²) in [5.74, 6) is 0.119. The normalized spacial score (nSPS) is 16.9. The van der Waals surface area contributed by atoms with E-state index in [1.807, 2.05) is 43.5 Å². The average molecular weight is 238 g/mol. The molecular formula is C15H14N2O. The van der Waals surface area contributed by atoms with Crippen molar-refractivity contribution < 1.29 is 4.79 Å². The van der Waals surface area contributed by atoms with Gasteiger partial charge in [-0.25, -0.2) is 0 Å². The summed E-state index contributed by atoms with van der Waals surface area (Å²) in [6, 6.07) is 9.96. The van der Waals surface area contributed by atoms with Gasteiger partial charge in [0.25, 0.3) is 0 Å². The summed E-state index contributed by atoms with van der Waals surface area (Å²) in [5.41, 5.74) is 3.76. The van der Waals surface area contributed by atoms with Crippen molar-refractivity contribution in [2.24, 2.45) is 7.05 Å². The van der Waals surface area contributed by atoms with Crippen LogP contribution in [0.25, 0.3) is 6.08 Å². The molecule has 0 spiro atoms. The zero-order chi connectivity index (χ0) is 12.5. The van der Waals surface area contributed by atoms with Gasteiger partial charge in [-0.2, -0.15) is 5.10 Å². The van der Waals surface area contributed by atoms with Gasteiger partial charge in [0.1, 0.15) is 0 Å². The van der Waals surface area contributed by atoms with Crippen molar-refractivity contribution in [1.29, 1.82) is 0 Å². The summed E-state index contributed by atoms with van der Waals surface area (Å²) in [7, 11) is 1.89. The molecule has 3 nitrogen and oxygen atoms in total. The Kier molecular flexibility index (Phi) is 2.59. The summed E-state index contributed by atoms with van der Waals surface area (Å²) >= 11 is 0. The Hall–Kier alpha value is -2.16. The fourth-order valence-electron chi connectivity index (χ4n) is 2.38. The average Bonchev–Trinajstić information content (AvgIpc) is 2.77. The smallest absolute Gasteiger partial charge is 0.192 e. The molecule has 0 amide bonds. The lowest BCUT2D eigenvalue weighted by Gasteiger charge is -2.14. The number of carbonyl (C=O) groups is 1. The van der Waals surface area contributed by atoms with E-state index in [9.17, 15) is 4.79 Å². The highest BCUT2D eigenvalue weighted by atomic mass is 16.1. The highest BCUT2D eigenvalue weighted by Gasteiger charge is 2.24. The minimum atomic E-state index is 0.119. The summed E-state index contributed by atoms with van der Waals surface area (Å²) < 4.78 is 1.80. The Bertz CT molecular complexity index is 623. The van der Waals surface area contributed by atoms with Crippen molar-refractivity contribution in [2.45, 2.75) is 12.8 Å². The molecule has 0 aliphatic heterocycles. The molecule has 0 atom stereocenters. The third kappa shape index (κ3) is 1.78. The Balaban J connectivity index is 1.98. The van der Waals surface area contributed by atoms with Crippen LogP contribution < -0.4 is 0 Å². The van der Waals surface area contributed by atoms with Gasteiger partial charge < -0.3 is 0 Å². The second kappa shape index (κ2) is 4.26. The lowest BCUT2D eigenvalue weighted by atomic mass is 9.90. The van der Waals surface area contributed by atoms with Gasteiger partial charge in [-0.15, -0.1) is 0 Å². The maximum absolute atomic E-state index is 12.3. The standard InChI is InChI=1S/C15H14N2O/c1-17-14-8-7-12(15(18)13(14)10-16-17)9-11-5-3-2-4-6-11/h2-6,9-10H,7-8H2,1H3. The monoisotopic (exact) mass is 238 g/mol. The SMILES string of the molecule is Cn1ncc2c1CCC(=Cc1ccccc1)C2=O. The first-order valence-electron chi connectivity index (χ1n) is 6.07. The van der Waals surface area contributed by atoms with Crippen molar-refractivity contribution in [1.82, 2.24) is 9.78 Å². The van der Waals surface area contributed by atoms with Gasteiger partial charge in [0, 0.05) is 18.3 Å². The van der Waals surface area contributed by atoms with E-state index in [2.05, 4.69) is 5.10 Å². The number of aromatic nitrogens is 2. The van der Waals surface area contributed by atoms with Gasteiger partial charge in [0.2, 0.25) is 0 Å². The number of hydrogen-bond acceptors (Lipinski definition) is 2. The molecule has 18 heavy (non-hydrogen) atoms. The fraction of sp³-hybridized carbons (Fsp3) is 0.200. The van der Waals surface area contributed by atoms with Crippen molar-refractivity contribution >= 4 is 11.9 Å². The Morgan fingerprint density at radius 3 is 2.78 bits per heavy atom. The van der Waals surface area contributed by atoms with Crippen molar-refractivity contribution in [2.75, 3.05) is 0 Å².